The summed E-state index contributed by atoms with van der Waals surface area (Å²) in [6.45, 7) is 4.67. The summed E-state index contributed by atoms with van der Waals surface area (Å²) in [7, 11) is 0. The Morgan fingerprint density at radius 2 is 1.90 bits per heavy atom. The first-order chi connectivity index (χ1) is 9.93. The minimum absolute atomic E-state index is 0.182. The van der Waals surface area contributed by atoms with Gasteiger partial charge in [0.1, 0.15) is 12.3 Å². The summed E-state index contributed by atoms with van der Waals surface area (Å²) in [6.07, 6.45) is 0.716. The molecule has 6 nitrogen and oxygen atoms in total. The summed E-state index contributed by atoms with van der Waals surface area (Å²) in [6, 6.07) is 6.41. The SMILES string of the molecule is CCCOC(=O)CN(C(C)=O)c1cccc(OC(C)=O)c1. The number of esters is 2. The minimum Gasteiger partial charge on any atom is -0.464 e. The van der Waals surface area contributed by atoms with E-state index >= 15 is 0 Å². The molecule has 0 fully saturated rings. The van der Waals surface area contributed by atoms with E-state index in [2.05, 4.69) is 0 Å². The molecule has 0 aliphatic heterocycles. The Balaban J connectivity index is 2.87. The molecule has 1 amide bonds. The number of ether oxygens (including phenoxy) is 2. The lowest BCUT2D eigenvalue weighted by Crippen LogP contribution is -2.35. The molecule has 0 atom stereocenters. The lowest BCUT2D eigenvalue weighted by Gasteiger charge is -2.20. The zero-order valence-electron chi connectivity index (χ0n) is 12.4. The first-order valence-corrected chi connectivity index (χ1v) is 6.66. The summed E-state index contributed by atoms with van der Waals surface area (Å²) < 4.78 is 9.93. The molecule has 0 radical (unpaired) electrons. The Hall–Kier alpha value is -2.37. The molecule has 0 aromatic heterocycles. The van der Waals surface area contributed by atoms with E-state index in [0.29, 0.717) is 24.5 Å². The summed E-state index contributed by atoms with van der Waals surface area (Å²) in [5, 5.41) is 0. The lowest BCUT2D eigenvalue weighted by atomic mass is 10.2. The van der Waals surface area contributed by atoms with Crippen LogP contribution in [0.25, 0.3) is 0 Å². The maximum absolute atomic E-state index is 11.7. The van der Waals surface area contributed by atoms with Crippen LogP contribution in [0.3, 0.4) is 0 Å². The highest BCUT2D eigenvalue weighted by Gasteiger charge is 2.17. The second-order valence-corrected chi connectivity index (χ2v) is 4.42. The van der Waals surface area contributed by atoms with Crippen molar-refractivity contribution < 1.29 is 23.9 Å². The smallest absolute Gasteiger partial charge is 0.326 e. The third-order valence-corrected chi connectivity index (χ3v) is 2.53. The van der Waals surface area contributed by atoms with E-state index in [1.165, 1.54) is 24.8 Å². The molecule has 0 saturated carbocycles. The molecule has 1 rings (SSSR count). The van der Waals surface area contributed by atoms with Crippen molar-refractivity contribution >= 4 is 23.5 Å². The fourth-order valence-corrected chi connectivity index (χ4v) is 1.66. The Bertz CT molecular complexity index is 527. The Morgan fingerprint density at radius 3 is 2.48 bits per heavy atom. The van der Waals surface area contributed by atoms with Crippen LogP contribution in [-0.4, -0.2) is 31.0 Å². The predicted molar refractivity (Wildman–Crippen MR) is 77.0 cm³/mol. The third-order valence-electron chi connectivity index (χ3n) is 2.53. The molecule has 0 saturated heterocycles. The van der Waals surface area contributed by atoms with Gasteiger partial charge in [-0.3, -0.25) is 14.4 Å². The molecule has 0 bridgehead atoms. The Morgan fingerprint density at radius 1 is 1.19 bits per heavy atom. The van der Waals surface area contributed by atoms with Gasteiger partial charge in [0.2, 0.25) is 5.91 Å². The van der Waals surface area contributed by atoms with Crippen LogP contribution in [0.15, 0.2) is 24.3 Å². The highest BCUT2D eigenvalue weighted by atomic mass is 16.5. The Kier molecular flexibility index (Phi) is 6.39. The molecular formula is C15H19NO5. The van der Waals surface area contributed by atoms with Gasteiger partial charge in [-0.2, -0.15) is 0 Å². The van der Waals surface area contributed by atoms with Crippen LogP contribution in [0.5, 0.6) is 5.75 Å². The van der Waals surface area contributed by atoms with E-state index in [-0.39, 0.29) is 12.5 Å². The van der Waals surface area contributed by atoms with Crippen molar-refractivity contribution in [1.29, 1.82) is 0 Å². The molecule has 0 aliphatic carbocycles. The zero-order valence-corrected chi connectivity index (χ0v) is 12.4. The van der Waals surface area contributed by atoms with Gasteiger partial charge >= 0.3 is 11.9 Å². The fourth-order valence-electron chi connectivity index (χ4n) is 1.66. The molecular weight excluding hydrogens is 274 g/mol. The van der Waals surface area contributed by atoms with Gasteiger partial charge in [-0.25, -0.2) is 0 Å². The molecule has 0 N–H and O–H groups in total. The third kappa shape index (κ3) is 5.64. The van der Waals surface area contributed by atoms with Gasteiger partial charge in [0.05, 0.1) is 6.61 Å². The summed E-state index contributed by atoms with van der Waals surface area (Å²) in [4.78, 5) is 35.6. The summed E-state index contributed by atoms with van der Waals surface area (Å²) in [5.74, 6) is -0.926. The molecule has 0 aliphatic rings. The van der Waals surface area contributed by atoms with Gasteiger partial charge in [-0.05, 0) is 18.6 Å². The van der Waals surface area contributed by atoms with Crippen molar-refractivity contribution in [3.63, 3.8) is 0 Å². The van der Waals surface area contributed by atoms with Gasteiger partial charge in [0.15, 0.2) is 0 Å². The highest BCUT2D eigenvalue weighted by molar-refractivity contribution is 5.96. The zero-order chi connectivity index (χ0) is 15.8. The van der Waals surface area contributed by atoms with Gasteiger partial charge in [-0.15, -0.1) is 0 Å². The summed E-state index contributed by atoms with van der Waals surface area (Å²) >= 11 is 0. The molecule has 6 heteroatoms. The van der Waals surface area contributed by atoms with E-state index in [1.54, 1.807) is 18.2 Å². The fraction of sp³-hybridized carbons (Fsp3) is 0.400. The van der Waals surface area contributed by atoms with Crippen LogP contribution in [-0.2, 0) is 19.1 Å². The monoisotopic (exact) mass is 293 g/mol. The number of nitrogens with zero attached hydrogens (tertiary/aromatic N) is 1. The second-order valence-electron chi connectivity index (χ2n) is 4.42. The minimum atomic E-state index is -0.482. The average Bonchev–Trinajstić information content (AvgIpc) is 2.41. The number of hydrogen-bond acceptors (Lipinski definition) is 5. The quantitative estimate of drug-likeness (QED) is 0.592. The number of hydrogen-bond donors (Lipinski definition) is 0. The first kappa shape index (κ1) is 16.7. The van der Waals surface area contributed by atoms with E-state index < -0.39 is 11.9 Å². The van der Waals surface area contributed by atoms with Crippen molar-refractivity contribution in [1.82, 2.24) is 0 Å². The van der Waals surface area contributed by atoms with Crippen LogP contribution < -0.4 is 9.64 Å². The van der Waals surface area contributed by atoms with Gasteiger partial charge in [0, 0.05) is 25.6 Å². The predicted octanol–water partition coefficient (Wildman–Crippen LogP) is 1.92. The molecule has 1 aromatic carbocycles. The average molecular weight is 293 g/mol. The number of carbonyl (C=O) groups excluding carboxylic acids is 3. The molecule has 0 heterocycles. The lowest BCUT2D eigenvalue weighted by molar-refractivity contribution is -0.142. The van der Waals surface area contributed by atoms with Crippen LogP contribution in [0.2, 0.25) is 0 Å². The summed E-state index contributed by atoms with van der Waals surface area (Å²) in [5.41, 5.74) is 0.467. The van der Waals surface area contributed by atoms with Crippen molar-refractivity contribution in [2.75, 3.05) is 18.1 Å². The van der Waals surface area contributed by atoms with Crippen molar-refractivity contribution in [3.05, 3.63) is 24.3 Å². The van der Waals surface area contributed by atoms with Crippen molar-refractivity contribution in [3.8, 4) is 5.75 Å². The normalized spacial score (nSPS) is 9.86. The molecule has 0 unspecified atom stereocenters. The highest BCUT2D eigenvalue weighted by Crippen LogP contribution is 2.21. The van der Waals surface area contributed by atoms with Gasteiger partial charge < -0.3 is 14.4 Å². The largest absolute Gasteiger partial charge is 0.464 e. The van der Waals surface area contributed by atoms with E-state index in [9.17, 15) is 14.4 Å². The van der Waals surface area contributed by atoms with Crippen molar-refractivity contribution in [2.24, 2.45) is 0 Å². The molecule has 114 valence electrons. The number of anilines is 1. The maximum Gasteiger partial charge on any atom is 0.326 e. The number of benzene rings is 1. The number of amides is 1. The Labute approximate surface area is 123 Å². The van der Waals surface area contributed by atoms with Crippen LogP contribution in [0.4, 0.5) is 5.69 Å². The molecule has 0 spiro atoms. The van der Waals surface area contributed by atoms with E-state index in [1.807, 2.05) is 6.92 Å². The van der Waals surface area contributed by atoms with E-state index in [4.69, 9.17) is 9.47 Å². The topological polar surface area (TPSA) is 72.9 Å². The van der Waals surface area contributed by atoms with E-state index in [0.717, 1.165) is 0 Å². The first-order valence-electron chi connectivity index (χ1n) is 6.66. The van der Waals surface area contributed by atoms with Gasteiger partial charge in [-0.1, -0.05) is 13.0 Å². The van der Waals surface area contributed by atoms with Crippen molar-refractivity contribution in [2.45, 2.75) is 27.2 Å². The maximum atomic E-state index is 11.7. The molecule has 1 aromatic rings. The van der Waals surface area contributed by atoms with Crippen LogP contribution in [0, 0.1) is 0 Å². The van der Waals surface area contributed by atoms with Crippen LogP contribution in [0.1, 0.15) is 27.2 Å². The van der Waals surface area contributed by atoms with Crippen LogP contribution >= 0.6 is 0 Å². The number of rotatable bonds is 6. The molecule has 21 heavy (non-hydrogen) atoms. The standard InChI is InChI=1S/C15H19NO5/c1-4-8-20-15(19)10-16(11(2)17)13-6-5-7-14(9-13)21-12(3)18/h5-7,9H,4,8,10H2,1-3H3. The second kappa shape index (κ2) is 8.04. The number of carbonyl (C=O) groups is 3. The van der Waals surface area contributed by atoms with Gasteiger partial charge in [0.25, 0.3) is 0 Å².